The molecule has 0 saturated heterocycles. The smallest absolute Gasteiger partial charge is 0.234 e. The number of carbonyl (C=O) groups excluding carboxylic acids is 1. The van der Waals surface area contributed by atoms with Crippen molar-refractivity contribution in [2.45, 2.75) is 12.7 Å². The first kappa shape index (κ1) is 15.9. The maximum atomic E-state index is 11.9. The van der Waals surface area contributed by atoms with Crippen LogP contribution < -0.4 is 5.32 Å². The van der Waals surface area contributed by atoms with Gasteiger partial charge in [0.15, 0.2) is 0 Å². The van der Waals surface area contributed by atoms with Gasteiger partial charge in [-0.25, -0.2) is 0 Å². The van der Waals surface area contributed by atoms with Gasteiger partial charge in [-0.3, -0.25) is 4.79 Å². The predicted octanol–water partition coefficient (Wildman–Crippen LogP) is 3.44. The van der Waals surface area contributed by atoms with Crippen LogP contribution in [0.25, 0.3) is 0 Å². The summed E-state index contributed by atoms with van der Waals surface area (Å²) in [5.74, 6) is 1.17. The maximum absolute atomic E-state index is 11.9. The molecule has 1 amide bonds. The standard InChI is InChI=1S/C17H16N2O2S/c1-12-8-15(20)6-7-16(12)19-17(21)11-22-10-14-4-2-13(9-18)3-5-14/h2-8,20H,10-11H2,1H3,(H,19,21). The Labute approximate surface area is 133 Å². The van der Waals surface area contributed by atoms with E-state index in [0.717, 1.165) is 11.1 Å². The zero-order valence-electron chi connectivity index (χ0n) is 12.2. The molecule has 5 heteroatoms. The van der Waals surface area contributed by atoms with Crippen LogP contribution in [0.2, 0.25) is 0 Å². The SMILES string of the molecule is Cc1cc(O)ccc1NC(=O)CSCc1ccc(C#N)cc1. The Morgan fingerprint density at radius 1 is 1.27 bits per heavy atom. The lowest BCUT2D eigenvalue weighted by atomic mass is 10.2. The number of nitrogens with zero attached hydrogens (tertiary/aromatic N) is 1. The van der Waals surface area contributed by atoms with E-state index in [-0.39, 0.29) is 11.7 Å². The number of benzene rings is 2. The molecule has 0 aliphatic carbocycles. The van der Waals surface area contributed by atoms with Gasteiger partial charge in [0, 0.05) is 11.4 Å². The number of aryl methyl sites for hydroxylation is 1. The fraction of sp³-hybridized carbons (Fsp3) is 0.176. The lowest BCUT2D eigenvalue weighted by Gasteiger charge is -2.08. The highest BCUT2D eigenvalue weighted by Crippen LogP contribution is 2.20. The minimum atomic E-state index is -0.0764. The summed E-state index contributed by atoms with van der Waals surface area (Å²) < 4.78 is 0. The first-order chi connectivity index (χ1) is 10.6. The Bertz CT molecular complexity index is 706. The zero-order chi connectivity index (χ0) is 15.9. The van der Waals surface area contributed by atoms with Crippen molar-refractivity contribution in [1.29, 1.82) is 5.26 Å². The first-order valence-corrected chi connectivity index (χ1v) is 7.90. The Morgan fingerprint density at radius 3 is 2.64 bits per heavy atom. The van der Waals surface area contributed by atoms with Crippen LogP contribution in [0.15, 0.2) is 42.5 Å². The number of aromatic hydroxyl groups is 1. The normalized spacial score (nSPS) is 10.0. The molecule has 0 aromatic heterocycles. The Hall–Kier alpha value is -2.45. The molecule has 2 N–H and O–H groups in total. The van der Waals surface area contributed by atoms with Crippen LogP contribution in [-0.4, -0.2) is 16.8 Å². The molecule has 0 saturated carbocycles. The summed E-state index contributed by atoms with van der Waals surface area (Å²) in [6, 6.07) is 14.3. The second kappa shape index (κ2) is 7.53. The summed E-state index contributed by atoms with van der Waals surface area (Å²) in [7, 11) is 0. The highest BCUT2D eigenvalue weighted by molar-refractivity contribution is 7.99. The van der Waals surface area contributed by atoms with E-state index in [1.807, 2.05) is 19.1 Å². The van der Waals surface area contributed by atoms with Crippen molar-refractivity contribution >= 4 is 23.4 Å². The van der Waals surface area contributed by atoms with Crippen LogP contribution in [0, 0.1) is 18.3 Å². The fourth-order valence-corrected chi connectivity index (χ4v) is 2.70. The van der Waals surface area contributed by atoms with E-state index in [2.05, 4.69) is 11.4 Å². The highest BCUT2D eigenvalue weighted by Gasteiger charge is 2.06. The van der Waals surface area contributed by atoms with Crippen molar-refractivity contribution in [1.82, 2.24) is 0 Å². The molecule has 0 unspecified atom stereocenters. The largest absolute Gasteiger partial charge is 0.508 e. The fourth-order valence-electron chi connectivity index (χ4n) is 1.91. The summed E-state index contributed by atoms with van der Waals surface area (Å²) in [6.45, 7) is 1.83. The van der Waals surface area contributed by atoms with Gasteiger partial charge in [-0.2, -0.15) is 5.26 Å². The second-order valence-corrected chi connectivity index (χ2v) is 5.83. The summed E-state index contributed by atoms with van der Waals surface area (Å²) >= 11 is 1.51. The molecular formula is C17H16N2O2S. The third-order valence-corrected chi connectivity index (χ3v) is 4.07. The number of phenols is 1. The van der Waals surface area contributed by atoms with E-state index in [1.54, 1.807) is 30.3 Å². The number of thioether (sulfide) groups is 1. The van der Waals surface area contributed by atoms with Crippen molar-refractivity contribution in [2.75, 3.05) is 11.1 Å². The van der Waals surface area contributed by atoms with E-state index in [9.17, 15) is 9.90 Å². The molecule has 0 radical (unpaired) electrons. The number of nitriles is 1. The minimum absolute atomic E-state index is 0.0764. The lowest BCUT2D eigenvalue weighted by Crippen LogP contribution is -2.14. The van der Waals surface area contributed by atoms with Crippen LogP contribution >= 0.6 is 11.8 Å². The van der Waals surface area contributed by atoms with Crippen molar-refractivity contribution in [3.8, 4) is 11.8 Å². The summed E-state index contributed by atoms with van der Waals surface area (Å²) in [5, 5.41) is 20.9. The van der Waals surface area contributed by atoms with Gasteiger partial charge in [-0.15, -0.1) is 11.8 Å². The molecule has 0 atom stereocenters. The third kappa shape index (κ3) is 4.54. The average molecular weight is 312 g/mol. The lowest BCUT2D eigenvalue weighted by molar-refractivity contribution is -0.113. The second-order valence-electron chi connectivity index (χ2n) is 4.85. The average Bonchev–Trinajstić information content (AvgIpc) is 2.51. The van der Waals surface area contributed by atoms with Crippen LogP contribution in [0.3, 0.4) is 0 Å². The van der Waals surface area contributed by atoms with Gasteiger partial charge in [0.25, 0.3) is 0 Å². The monoisotopic (exact) mass is 312 g/mol. The summed E-state index contributed by atoms with van der Waals surface area (Å²) in [4.78, 5) is 11.9. The Kier molecular flexibility index (Phi) is 5.45. The number of hydrogen-bond acceptors (Lipinski definition) is 4. The van der Waals surface area contributed by atoms with Gasteiger partial charge in [0.2, 0.25) is 5.91 Å². The minimum Gasteiger partial charge on any atom is -0.508 e. The molecule has 0 spiro atoms. The Morgan fingerprint density at radius 2 is 2.00 bits per heavy atom. The van der Waals surface area contributed by atoms with Gasteiger partial charge in [-0.05, 0) is 48.4 Å². The van der Waals surface area contributed by atoms with Crippen molar-refractivity contribution in [3.63, 3.8) is 0 Å². The van der Waals surface area contributed by atoms with E-state index in [0.29, 0.717) is 22.8 Å². The number of carbonyl (C=O) groups is 1. The van der Waals surface area contributed by atoms with Gasteiger partial charge >= 0.3 is 0 Å². The van der Waals surface area contributed by atoms with Crippen LogP contribution in [-0.2, 0) is 10.5 Å². The third-order valence-electron chi connectivity index (χ3n) is 3.07. The van der Waals surface area contributed by atoms with Gasteiger partial charge in [0.05, 0.1) is 17.4 Å². The molecule has 0 bridgehead atoms. The van der Waals surface area contributed by atoms with Gasteiger partial charge in [-0.1, -0.05) is 12.1 Å². The van der Waals surface area contributed by atoms with Crippen LogP contribution in [0.5, 0.6) is 5.75 Å². The topological polar surface area (TPSA) is 73.1 Å². The van der Waals surface area contributed by atoms with E-state index in [4.69, 9.17) is 5.26 Å². The number of anilines is 1. The first-order valence-electron chi connectivity index (χ1n) is 6.75. The van der Waals surface area contributed by atoms with Crippen LogP contribution in [0.1, 0.15) is 16.7 Å². The van der Waals surface area contributed by atoms with E-state index >= 15 is 0 Å². The summed E-state index contributed by atoms with van der Waals surface area (Å²) in [6.07, 6.45) is 0. The molecular weight excluding hydrogens is 296 g/mol. The predicted molar refractivity (Wildman–Crippen MR) is 88.8 cm³/mol. The molecule has 112 valence electrons. The number of phenolic OH excluding ortho intramolecular Hbond substituents is 1. The Balaban J connectivity index is 1.81. The molecule has 0 heterocycles. The van der Waals surface area contributed by atoms with Gasteiger partial charge < -0.3 is 10.4 Å². The number of rotatable bonds is 5. The molecule has 0 aliphatic heterocycles. The molecule has 2 aromatic rings. The van der Waals surface area contributed by atoms with Crippen molar-refractivity contribution < 1.29 is 9.90 Å². The van der Waals surface area contributed by atoms with Gasteiger partial charge in [0.1, 0.15) is 5.75 Å². The van der Waals surface area contributed by atoms with E-state index < -0.39 is 0 Å². The van der Waals surface area contributed by atoms with E-state index in [1.165, 1.54) is 11.8 Å². The number of amides is 1. The molecule has 0 aliphatic rings. The zero-order valence-corrected chi connectivity index (χ0v) is 13.0. The molecule has 0 fully saturated rings. The summed E-state index contributed by atoms with van der Waals surface area (Å²) in [5.41, 5.74) is 3.25. The molecule has 2 rings (SSSR count). The number of nitrogens with one attached hydrogen (secondary N) is 1. The van der Waals surface area contributed by atoms with Crippen molar-refractivity contribution in [2.24, 2.45) is 0 Å². The number of hydrogen-bond donors (Lipinski definition) is 2. The van der Waals surface area contributed by atoms with Crippen molar-refractivity contribution in [3.05, 3.63) is 59.2 Å². The molecule has 4 nitrogen and oxygen atoms in total. The molecule has 2 aromatic carbocycles. The highest BCUT2D eigenvalue weighted by atomic mass is 32.2. The quantitative estimate of drug-likeness (QED) is 0.829. The maximum Gasteiger partial charge on any atom is 0.234 e. The van der Waals surface area contributed by atoms with Crippen LogP contribution in [0.4, 0.5) is 5.69 Å². The molecule has 22 heavy (non-hydrogen) atoms.